The van der Waals surface area contributed by atoms with E-state index < -0.39 is 5.43 Å². The Morgan fingerprint density at radius 1 is 1.29 bits per heavy atom. The van der Waals surface area contributed by atoms with Crippen LogP contribution in [0.15, 0.2) is 9.21 Å². The number of hydrogen-bond donors (Lipinski definition) is 1. The lowest BCUT2D eigenvalue weighted by molar-refractivity contribution is 0.299. The van der Waals surface area contributed by atoms with Gasteiger partial charge >= 0.3 is 0 Å². The number of aromatic hydroxyl groups is 1. The average molecular weight is 240 g/mol. The molecule has 0 bridgehead atoms. The Morgan fingerprint density at radius 2 is 2.00 bits per heavy atom. The molecule has 0 amide bonds. The molecule has 96 valence electrons. The quantitative estimate of drug-likeness (QED) is 0.777. The number of rotatable bonds is 6. The summed E-state index contributed by atoms with van der Waals surface area (Å²) in [6.45, 7) is 5.93. The summed E-state index contributed by atoms with van der Waals surface area (Å²) in [4.78, 5) is 11.8. The van der Waals surface area contributed by atoms with Crippen molar-refractivity contribution in [3.05, 3.63) is 21.7 Å². The molecule has 1 N–H and O–H groups in total. The Bertz CT molecular complexity index is 420. The van der Waals surface area contributed by atoms with Crippen molar-refractivity contribution < 1.29 is 14.3 Å². The van der Waals surface area contributed by atoms with Gasteiger partial charge in [-0.05, 0) is 20.3 Å². The monoisotopic (exact) mass is 240 g/mol. The van der Waals surface area contributed by atoms with E-state index in [4.69, 9.17) is 9.15 Å². The Balaban J connectivity index is 2.98. The van der Waals surface area contributed by atoms with Gasteiger partial charge in [0.15, 0.2) is 0 Å². The van der Waals surface area contributed by atoms with Gasteiger partial charge in [-0.25, -0.2) is 0 Å². The molecule has 0 aliphatic heterocycles. The Hall–Kier alpha value is -1.45. The predicted octanol–water partition coefficient (Wildman–Crippen LogP) is 2.79. The number of hydrogen-bond acceptors (Lipinski definition) is 4. The van der Waals surface area contributed by atoms with E-state index >= 15 is 0 Å². The lowest BCUT2D eigenvalue weighted by atomic mass is 10.1. The Labute approximate surface area is 101 Å². The van der Waals surface area contributed by atoms with Crippen LogP contribution in [0.1, 0.15) is 44.6 Å². The molecule has 0 aliphatic rings. The fourth-order valence-electron chi connectivity index (χ4n) is 1.69. The molecule has 0 unspecified atom stereocenters. The summed E-state index contributed by atoms with van der Waals surface area (Å²) in [5, 5.41) is 9.74. The van der Waals surface area contributed by atoms with Crippen molar-refractivity contribution in [3.63, 3.8) is 0 Å². The normalized spacial score (nSPS) is 10.5. The van der Waals surface area contributed by atoms with Gasteiger partial charge in [-0.1, -0.05) is 19.8 Å². The molecule has 0 saturated carbocycles. The summed E-state index contributed by atoms with van der Waals surface area (Å²) in [7, 11) is 0. The first-order valence-corrected chi connectivity index (χ1v) is 6.10. The Morgan fingerprint density at radius 3 is 2.59 bits per heavy atom. The Kier molecular flexibility index (Phi) is 5.07. The second-order valence-electron chi connectivity index (χ2n) is 3.98. The molecule has 0 aliphatic carbocycles. The van der Waals surface area contributed by atoms with E-state index in [9.17, 15) is 9.90 Å². The van der Waals surface area contributed by atoms with Crippen molar-refractivity contribution in [2.75, 3.05) is 6.61 Å². The lowest BCUT2D eigenvalue weighted by Crippen LogP contribution is -2.11. The highest BCUT2D eigenvalue weighted by Crippen LogP contribution is 2.23. The van der Waals surface area contributed by atoms with Gasteiger partial charge in [0.25, 0.3) is 5.43 Å². The number of unbranched alkanes of at least 4 members (excludes halogenated alkanes) is 2. The van der Waals surface area contributed by atoms with E-state index in [1.807, 2.05) is 0 Å². The molecular weight excluding hydrogens is 220 g/mol. The van der Waals surface area contributed by atoms with Crippen LogP contribution in [0.4, 0.5) is 0 Å². The van der Waals surface area contributed by atoms with Gasteiger partial charge in [-0.3, -0.25) is 4.79 Å². The number of aryl methyl sites for hydroxylation is 2. The van der Waals surface area contributed by atoms with Gasteiger partial charge in [-0.2, -0.15) is 0 Å². The molecule has 0 radical (unpaired) electrons. The topological polar surface area (TPSA) is 59.7 Å². The van der Waals surface area contributed by atoms with Crippen molar-refractivity contribution in [2.24, 2.45) is 0 Å². The van der Waals surface area contributed by atoms with E-state index in [1.54, 1.807) is 13.8 Å². The minimum Gasteiger partial charge on any atom is -0.502 e. The molecule has 1 aromatic rings. The zero-order chi connectivity index (χ0) is 12.8. The third-order valence-electron chi connectivity index (χ3n) is 2.58. The van der Waals surface area contributed by atoms with Crippen LogP contribution < -0.4 is 10.2 Å². The summed E-state index contributed by atoms with van der Waals surface area (Å²) >= 11 is 0. The van der Waals surface area contributed by atoms with Gasteiger partial charge in [0.2, 0.25) is 11.5 Å². The maximum atomic E-state index is 11.8. The first-order chi connectivity index (χ1) is 8.11. The second kappa shape index (κ2) is 6.33. The minimum absolute atomic E-state index is 0.115. The maximum Gasteiger partial charge on any atom is 0.268 e. The van der Waals surface area contributed by atoms with Gasteiger partial charge in [0.05, 0.1) is 6.61 Å². The van der Waals surface area contributed by atoms with Gasteiger partial charge in [0, 0.05) is 6.42 Å². The van der Waals surface area contributed by atoms with Crippen molar-refractivity contribution in [1.29, 1.82) is 0 Å². The molecule has 0 atom stereocenters. The van der Waals surface area contributed by atoms with Crippen LogP contribution in [0, 0.1) is 6.92 Å². The summed E-state index contributed by atoms with van der Waals surface area (Å²) in [5.41, 5.74) is -0.470. The molecule has 4 heteroatoms. The average Bonchev–Trinajstić information content (AvgIpc) is 2.31. The van der Waals surface area contributed by atoms with Crippen LogP contribution in [-0.4, -0.2) is 11.7 Å². The molecule has 1 heterocycles. The molecule has 1 rings (SSSR count). The van der Waals surface area contributed by atoms with E-state index in [-0.39, 0.29) is 11.5 Å². The van der Waals surface area contributed by atoms with Crippen molar-refractivity contribution >= 4 is 0 Å². The van der Waals surface area contributed by atoms with E-state index in [0.717, 1.165) is 19.3 Å². The van der Waals surface area contributed by atoms with Crippen molar-refractivity contribution in [3.8, 4) is 11.5 Å². The minimum atomic E-state index is -0.470. The second-order valence-corrected chi connectivity index (χ2v) is 3.98. The van der Waals surface area contributed by atoms with Crippen LogP contribution in [0.3, 0.4) is 0 Å². The van der Waals surface area contributed by atoms with Crippen LogP contribution in [0.5, 0.6) is 11.5 Å². The molecule has 0 fully saturated rings. The van der Waals surface area contributed by atoms with E-state index in [2.05, 4.69) is 6.92 Å². The molecule has 0 spiro atoms. The van der Waals surface area contributed by atoms with Crippen LogP contribution >= 0.6 is 0 Å². The van der Waals surface area contributed by atoms with Crippen LogP contribution in [0.25, 0.3) is 0 Å². The fraction of sp³-hybridized carbons (Fsp3) is 0.615. The smallest absolute Gasteiger partial charge is 0.268 e. The fourth-order valence-corrected chi connectivity index (χ4v) is 1.69. The third-order valence-corrected chi connectivity index (χ3v) is 2.58. The van der Waals surface area contributed by atoms with Crippen molar-refractivity contribution in [1.82, 2.24) is 0 Å². The molecular formula is C13H20O4. The largest absolute Gasteiger partial charge is 0.502 e. The number of ether oxygens (including phenoxy) is 1. The van der Waals surface area contributed by atoms with Gasteiger partial charge < -0.3 is 14.3 Å². The molecule has 1 aromatic heterocycles. The zero-order valence-corrected chi connectivity index (χ0v) is 10.7. The summed E-state index contributed by atoms with van der Waals surface area (Å²) < 4.78 is 10.6. The highest BCUT2D eigenvalue weighted by Gasteiger charge is 2.16. The molecule has 0 saturated heterocycles. The van der Waals surface area contributed by atoms with Crippen LogP contribution in [-0.2, 0) is 6.42 Å². The molecule has 17 heavy (non-hydrogen) atoms. The van der Waals surface area contributed by atoms with E-state index in [1.165, 1.54) is 0 Å². The molecule has 0 aromatic carbocycles. The highest BCUT2D eigenvalue weighted by atomic mass is 16.5. The van der Waals surface area contributed by atoms with Gasteiger partial charge in [-0.15, -0.1) is 0 Å². The van der Waals surface area contributed by atoms with Gasteiger partial charge in [0.1, 0.15) is 11.5 Å². The first-order valence-electron chi connectivity index (χ1n) is 6.10. The van der Waals surface area contributed by atoms with Crippen LogP contribution in [0.2, 0.25) is 0 Å². The third kappa shape index (κ3) is 3.25. The standard InChI is InChI=1S/C13H20O4/c1-4-6-7-8-10-11(14)12(15)13(16-5-2)9(3)17-10/h14H,4-8H2,1-3H3. The molecule has 4 nitrogen and oxygen atoms in total. The first kappa shape index (κ1) is 13.6. The zero-order valence-electron chi connectivity index (χ0n) is 10.7. The summed E-state index contributed by atoms with van der Waals surface area (Å²) in [6.07, 6.45) is 3.62. The highest BCUT2D eigenvalue weighted by molar-refractivity contribution is 5.35. The summed E-state index contributed by atoms with van der Waals surface area (Å²) in [5.74, 6) is 0.602. The van der Waals surface area contributed by atoms with Crippen molar-refractivity contribution in [2.45, 2.75) is 46.5 Å². The predicted molar refractivity (Wildman–Crippen MR) is 65.8 cm³/mol. The van der Waals surface area contributed by atoms with E-state index in [0.29, 0.717) is 24.5 Å². The summed E-state index contributed by atoms with van der Waals surface area (Å²) in [6, 6.07) is 0. The SMILES string of the molecule is CCCCCc1oc(C)c(OCC)c(=O)c1O. The lowest BCUT2D eigenvalue weighted by Gasteiger charge is -2.09. The maximum absolute atomic E-state index is 11.8.